The van der Waals surface area contributed by atoms with Gasteiger partial charge in [0.1, 0.15) is 0 Å². The van der Waals surface area contributed by atoms with Gasteiger partial charge in [0.25, 0.3) is 0 Å². The van der Waals surface area contributed by atoms with Crippen molar-refractivity contribution in [3.63, 3.8) is 0 Å². The fraction of sp³-hybridized carbons (Fsp3) is 0.583. The van der Waals surface area contributed by atoms with Crippen LogP contribution in [0.2, 0.25) is 0 Å². The van der Waals surface area contributed by atoms with Gasteiger partial charge in [-0.25, -0.2) is 0 Å². The highest BCUT2D eigenvalue weighted by atomic mass is 79.9. The first-order valence-corrected chi connectivity index (χ1v) is 7.13. The lowest BCUT2D eigenvalue weighted by Crippen LogP contribution is -2.33. The predicted molar refractivity (Wildman–Crippen MR) is 75.9 cm³/mol. The number of carbonyl (C=O) groups is 1. The van der Waals surface area contributed by atoms with Crippen molar-refractivity contribution in [1.82, 2.24) is 4.90 Å². The van der Waals surface area contributed by atoms with Crippen molar-refractivity contribution in [3.05, 3.63) is 20.8 Å². The molecule has 0 aromatic carbocycles. The average molecular weight is 319 g/mol. The maximum Gasteiger partial charge on any atom is 0.223 e. The molecule has 1 aromatic heterocycles. The zero-order valence-corrected chi connectivity index (χ0v) is 12.9. The van der Waals surface area contributed by atoms with Crippen molar-refractivity contribution >= 4 is 33.2 Å². The van der Waals surface area contributed by atoms with E-state index in [1.165, 1.54) is 4.88 Å². The van der Waals surface area contributed by atoms with E-state index in [9.17, 15) is 4.79 Å². The number of hydrogen-bond donors (Lipinski definition) is 1. The monoisotopic (exact) mass is 318 g/mol. The summed E-state index contributed by atoms with van der Waals surface area (Å²) in [5.41, 5.74) is 5.51. The average Bonchev–Trinajstić information content (AvgIpc) is 2.63. The van der Waals surface area contributed by atoms with Crippen LogP contribution in [0.5, 0.6) is 0 Å². The molecular formula is C12H19BrN2OS. The maximum absolute atomic E-state index is 12.0. The highest BCUT2D eigenvalue weighted by molar-refractivity contribution is 9.11. The molecule has 1 amide bonds. The van der Waals surface area contributed by atoms with Gasteiger partial charge < -0.3 is 10.6 Å². The number of rotatable bonds is 5. The van der Waals surface area contributed by atoms with Gasteiger partial charge in [-0.2, -0.15) is 0 Å². The van der Waals surface area contributed by atoms with E-state index < -0.39 is 0 Å². The normalized spacial score (nSPS) is 11.6. The summed E-state index contributed by atoms with van der Waals surface area (Å²) in [7, 11) is 1.84. The molecule has 1 rings (SSSR count). The van der Waals surface area contributed by atoms with Crippen LogP contribution in [0.15, 0.2) is 15.9 Å². The minimum absolute atomic E-state index is 0.124. The summed E-state index contributed by atoms with van der Waals surface area (Å²) in [6.07, 6.45) is 0.493. The van der Waals surface area contributed by atoms with Crippen molar-refractivity contribution in [3.8, 4) is 0 Å². The van der Waals surface area contributed by atoms with E-state index in [0.29, 0.717) is 19.5 Å². The SMILES string of the molecule is CN(Cc1ccc(Br)s1)C(=O)CC(C)(C)CN. The van der Waals surface area contributed by atoms with Crippen molar-refractivity contribution in [2.45, 2.75) is 26.8 Å². The van der Waals surface area contributed by atoms with Gasteiger partial charge in [-0.3, -0.25) is 4.79 Å². The Morgan fingerprint density at radius 2 is 2.18 bits per heavy atom. The number of carbonyl (C=O) groups excluding carboxylic acids is 1. The molecule has 0 unspecified atom stereocenters. The van der Waals surface area contributed by atoms with E-state index in [1.807, 2.05) is 33.0 Å². The van der Waals surface area contributed by atoms with Crippen LogP contribution >= 0.6 is 27.3 Å². The summed E-state index contributed by atoms with van der Waals surface area (Å²) in [5, 5.41) is 0. The Kier molecular flexibility index (Phi) is 5.16. The highest BCUT2D eigenvalue weighted by Crippen LogP contribution is 2.24. The fourth-order valence-corrected chi connectivity index (χ4v) is 2.91. The van der Waals surface area contributed by atoms with Gasteiger partial charge in [0.05, 0.1) is 10.3 Å². The Morgan fingerprint density at radius 1 is 1.53 bits per heavy atom. The first-order valence-electron chi connectivity index (χ1n) is 5.52. The number of nitrogens with zero attached hydrogens (tertiary/aromatic N) is 1. The molecule has 17 heavy (non-hydrogen) atoms. The molecule has 5 heteroatoms. The molecule has 0 saturated carbocycles. The second-order valence-corrected chi connectivity index (χ2v) is 7.55. The maximum atomic E-state index is 12.0. The summed E-state index contributed by atoms with van der Waals surface area (Å²) in [5.74, 6) is 0.143. The Hall–Kier alpha value is -0.390. The van der Waals surface area contributed by atoms with Gasteiger partial charge in [0.15, 0.2) is 0 Å². The molecule has 2 N–H and O–H groups in total. The van der Waals surface area contributed by atoms with Crippen LogP contribution in [0.1, 0.15) is 25.1 Å². The Bertz CT molecular complexity index is 390. The summed E-state index contributed by atoms with van der Waals surface area (Å²) >= 11 is 5.07. The third-order valence-corrected chi connectivity index (χ3v) is 4.24. The Labute approximate surface area is 115 Å². The summed E-state index contributed by atoms with van der Waals surface area (Å²) in [4.78, 5) is 14.9. The molecule has 0 saturated heterocycles. The Morgan fingerprint density at radius 3 is 2.65 bits per heavy atom. The molecule has 0 fully saturated rings. The first-order chi connectivity index (χ1) is 7.84. The molecule has 1 heterocycles. The van der Waals surface area contributed by atoms with Gasteiger partial charge in [0.2, 0.25) is 5.91 Å². The molecule has 0 aliphatic rings. The van der Waals surface area contributed by atoms with Gasteiger partial charge in [0, 0.05) is 18.3 Å². The van der Waals surface area contributed by atoms with E-state index in [0.717, 1.165) is 3.79 Å². The summed E-state index contributed by atoms with van der Waals surface area (Å²) < 4.78 is 1.09. The largest absolute Gasteiger partial charge is 0.341 e. The molecule has 0 aliphatic heterocycles. The zero-order valence-electron chi connectivity index (χ0n) is 10.5. The lowest BCUT2D eigenvalue weighted by Gasteiger charge is -2.25. The van der Waals surface area contributed by atoms with E-state index in [2.05, 4.69) is 15.9 Å². The van der Waals surface area contributed by atoms with Crippen LogP contribution in [0.3, 0.4) is 0 Å². The number of nitrogens with two attached hydrogens (primary N) is 1. The molecule has 0 bridgehead atoms. The number of hydrogen-bond acceptors (Lipinski definition) is 3. The number of halogens is 1. The number of amides is 1. The van der Waals surface area contributed by atoms with Crippen LogP contribution in [0.4, 0.5) is 0 Å². The van der Waals surface area contributed by atoms with Gasteiger partial charge in [-0.05, 0) is 40.0 Å². The molecule has 0 atom stereocenters. The predicted octanol–water partition coefficient (Wildman–Crippen LogP) is 2.84. The van der Waals surface area contributed by atoms with Crippen molar-refractivity contribution in [1.29, 1.82) is 0 Å². The zero-order chi connectivity index (χ0) is 13.1. The van der Waals surface area contributed by atoms with E-state index in [4.69, 9.17) is 5.73 Å². The standard InChI is InChI=1S/C12H19BrN2OS/c1-12(2,8-14)6-11(16)15(3)7-9-4-5-10(13)17-9/h4-5H,6-8,14H2,1-3H3. The molecular weight excluding hydrogens is 300 g/mol. The van der Waals surface area contributed by atoms with Crippen molar-refractivity contribution in [2.75, 3.05) is 13.6 Å². The summed E-state index contributed by atoms with van der Waals surface area (Å²) in [6, 6.07) is 4.04. The topological polar surface area (TPSA) is 46.3 Å². The second kappa shape index (κ2) is 5.98. The van der Waals surface area contributed by atoms with Crippen LogP contribution in [-0.2, 0) is 11.3 Å². The van der Waals surface area contributed by atoms with E-state index >= 15 is 0 Å². The smallest absolute Gasteiger partial charge is 0.223 e. The third kappa shape index (κ3) is 4.77. The van der Waals surface area contributed by atoms with Crippen LogP contribution in [-0.4, -0.2) is 24.4 Å². The molecule has 3 nitrogen and oxygen atoms in total. The van der Waals surface area contributed by atoms with E-state index in [-0.39, 0.29) is 11.3 Å². The third-order valence-electron chi connectivity index (χ3n) is 2.63. The molecule has 0 radical (unpaired) electrons. The first kappa shape index (κ1) is 14.7. The van der Waals surface area contributed by atoms with Crippen LogP contribution in [0, 0.1) is 5.41 Å². The highest BCUT2D eigenvalue weighted by Gasteiger charge is 2.22. The quantitative estimate of drug-likeness (QED) is 0.907. The minimum Gasteiger partial charge on any atom is -0.341 e. The second-order valence-electron chi connectivity index (χ2n) is 5.00. The lowest BCUT2D eigenvalue weighted by molar-refractivity contribution is -0.132. The molecule has 1 aromatic rings. The lowest BCUT2D eigenvalue weighted by atomic mass is 9.89. The Balaban J connectivity index is 2.53. The van der Waals surface area contributed by atoms with Crippen LogP contribution in [0.25, 0.3) is 0 Å². The fourth-order valence-electron chi connectivity index (χ4n) is 1.38. The van der Waals surface area contributed by atoms with Crippen LogP contribution < -0.4 is 5.73 Å². The van der Waals surface area contributed by atoms with Crippen molar-refractivity contribution in [2.24, 2.45) is 11.1 Å². The summed E-state index contributed by atoms with van der Waals surface area (Å²) in [6.45, 7) is 5.22. The molecule has 96 valence electrons. The molecule has 0 spiro atoms. The van der Waals surface area contributed by atoms with Gasteiger partial charge in [-0.1, -0.05) is 13.8 Å². The van der Waals surface area contributed by atoms with Crippen molar-refractivity contribution < 1.29 is 4.79 Å². The molecule has 0 aliphatic carbocycles. The van der Waals surface area contributed by atoms with Gasteiger partial charge in [-0.15, -0.1) is 11.3 Å². The number of thiophene rings is 1. The minimum atomic E-state index is -0.124. The van der Waals surface area contributed by atoms with E-state index in [1.54, 1.807) is 16.2 Å². The van der Waals surface area contributed by atoms with Gasteiger partial charge >= 0.3 is 0 Å².